The molecule has 1 atom stereocenters. The predicted octanol–water partition coefficient (Wildman–Crippen LogP) is 6.32. The lowest BCUT2D eigenvalue weighted by molar-refractivity contribution is -0.140. The molecule has 1 aliphatic carbocycles. The van der Waals surface area contributed by atoms with Crippen molar-refractivity contribution in [2.75, 3.05) is 5.32 Å². The van der Waals surface area contributed by atoms with Gasteiger partial charge in [0.15, 0.2) is 0 Å². The first-order valence-corrected chi connectivity index (χ1v) is 12.2. The highest BCUT2D eigenvalue weighted by Gasteiger charge is 2.51. The van der Waals surface area contributed by atoms with Gasteiger partial charge in [0.05, 0.1) is 11.1 Å². The molecule has 2 N–H and O–H groups in total. The molecule has 1 heterocycles. The van der Waals surface area contributed by atoms with Crippen molar-refractivity contribution in [1.29, 1.82) is 0 Å². The third kappa shape index (κ3) is 4.93. The molecule has 3 aromatic carbocycles. The van der Waals surface area contributed by atoms with E-state index >= 15 is 0 Å². The number of aliphatic carboxylic acids is 1. The number of aryl methyl sites for hydroxylation is 1. The van der Waals surface area contributed by atoms with Gasteiger partial charge in [0.1, 0.15) is 11.9 Å². The molecule has 0 saturated heterocycles. The summed E-state index contributed by atoms with van der Waals surface area (Å²) in [6, 6.07) is 22.5. The van der Waals surface area contributed by atoms with Crippen molar-refractivity contribution in [3.05, 3.63) is 94.8 Å². The Hall–Kier alpha value is -4.17. The molecule has 188 valence electrons. The van der Waals surface area contributed by atoms with E-state index in [0.29, 0.717) is 34.9 Å². The highest BCUT2D eigenvalue weighted by molar-refractivity contribution is 6.31. The number of benzene rings is 3. The van der Waals surface area contributed by atoms with Gasteiger partial charge in [0.2, 0.25) is 5.95 Å². The van der Waals surface area contributed by atoms with Crippen LogP contribution in [-0.4, -0.2) is 31.9 Å². The number of nitrogens with zero attached hydrogens (tertiary/aromatic N) is 3. The monoisotopic (exact) mass is 516 g/mol. The van der Waals surface area contributed by atoms with E-state index < -0.39 is 23.6 Å². The second kappa shape index (κ2) is 9.71. The summed E-state index contributed by atoms with van der Waals surface area (Å²) in [7, 11) is 0. The summed E-state index contributed by atoms with van der Waals surface area (Å²) < 4.78 is 7.03. The van der Waals surface area contributed by atoms with Gasteiger partial charge >= 0.3 is 12.1 Å². The number of carbonyl (C=O) groups excluding carboxylic acids is 1. The second-order valence-corrected chi connectivity index (χ2v) is 9.51. The zero-order valence-electron chi connectivity index (χ0n) is 20.3. The molecule has 1 aromatic heterocycles. The van der Waals surface area contributed by atoms with Gasteiger partial charge in [-0.15, -0.1) is 5.10 Å². The summed E-state index contributed by atoms with van der Waals surface area (Å²) in [4.78, 5) is 28.5. The van der Waals surface area contributed by atoms with Gasteiger partial charge in [0, 0.05) is 10.6 Å². The number of rotatable bonds is 7. The van der Waals surface area contributed by atoms with Gasteiger partial charge in [-0.2, -0.15) is 9.67 Å². The van der Waals surface area contributed by atoms with Crippen molar-refractivity contribution in [2.45, 2.75) is 38.2 Å². The Morgan fingerprint density at radius 1 is 1.03 bits per heavy atom. The molecule has 4 aromatic rings. The lowest BCUT2D eigenvalue weighted by Crippen LogP contribution is -2.19. The van der Waals surface area contributed by atoms with Crippen LogP contribution in [0.15, 0.2) is 72.8 Å². The summed E-state index contributed by atoms with van der Waals surface area (Å²) in [5.74, 6) is -0.0461. The molecule has 0 bridgehead atoms. The fraction of sp³-hybridized carbons (Fsp3) is 0.214. The number of hydrogen-bond donors (Lipinski definition) is 2. The third-order valence-electron chi connectivity index (χ3n) is 6.60. The average molecular weight is 517 g/mol. The zero-order chi connectivity index (χ0) is 26.2. The standard InChI is InChI=1S/C28H25ClN4O4/c1-17(23-5-3-4-6-24(23)29)37-27(36)31-26-30-18(2)32-33(26)22-13-9-20(10-14-22)19-7-11-21(12-8-19)28(15-16-28)25(34)35/h3-14,17H,15-16H2,1-2H3,(H,34,35)(H,30,31,32,36)/t17-/m1/s1. The molecule has 1 saturated carbocycles. The maximum atomic E-state index is 12.6. The van der Waals surface area contributed by atoms with Gasteiger partial charge in [-0.05, 0) is 61.6 Å². The first-order valence-electron chi connectivity index (χ1n) is 11.9. The molecule has 0 spiro atoms. The Morgan fingerprint density at radius 2 is 1.65 bits per heavy atom. The number of anilines is 1. The van der Waals surface area contributed by atoms with Crippen LogP contribution >= 0.6 is 11.6 Å². The van der Waals surface area contributed by atoms with Gasteiger partial charge in [-0.3, -0.25) is 10.1 Å². The number of aromatic nitrogens is 3. The van der Waals surface area contributed by atoms with E-state index in [1.165, 1.54) is 4.68 Å². The van der Waals surface area contributed by atoms with Crippen molar-refractivity contribution >= 4 is 29.6 Å². The topological polar surface area (TPSA) is 106 Å². The van der Waals surface area contributed by atoms with Crippen molar-refractivity contribution in [2.24, 2.45) is 0 Å². The number of halogens is 1. The number of nitrogens with one attached hydrogen (secondary N) is 1. The Kier molecular flexibility index (Phi) is 6.43. The number of ether oxygens (including phenoxy) is 1. The summed E-state index contributed by atoms with van der Waals surface area (Å²) in [6.45, 7) is 3.48. The van der Waals surface area contributed by atoms with Crippen molar-refractivity contribution in [3.8, 4) is 16.8 Å². The molecule has 0 aliphatic heterocycles. The molecule has 1 amide bonds. The Balaban J connectivity index is 1.30. The number of amides is 1. The molecule has 5 rings (SSSR count). The van der Waals surface area contributed by atoms with E-state index in [4.69, 9.17) is 16.3 Å². The number of carbonyl (C=O) groups is 2. The molecule has 37 heavy (non-hydrogen) atoms. The lowest BCUT2D eigenvalue weighted by Gasteiger charge is -2.15. The highest BCUT2D eigenvalue weighted by Crippen LogP contribution is 2.48. The Bertz CT molecular complexity index is 1460. The Labute approximate surface area is 218 Å². The van der Waals surface area contributed by atoms with Gasteiger partial charge < -0.3 is 9.84 Å². The summed E-state index contributed by atoms with van der Waals surface area (Å²) >= 11 is 6.21. The van der Waals surface area contributed by atoms with E-state index in [2.05, 4.69) is 15.4 Å². The smallest absolute Gasteiger partial charge is 0.414 e. The number of carboxylic acid groups (broad SMARTS) is 1. The van der Waals surface area contributed by atoms with Crippen LogP contribution < -0.4 is 5.32 Å². The van der Waals surface area contributed by atoms with Gasteiger partial charge in [0.25, 0.3) is 0 Å². The quantitative estimate of drug-likeness (QED) is 0.297. The molecule has 0 unspecified atom stereocenters. The van der Waals surface area contributed by atoms with Gasteiger partial charge in [-0.25, -0.2) is 4.79 Å². The molecule has 1 fully saturated rings. The summed E-state index contributed by atoms with van der Waals surface area (Å²) in [5, 5.41) is 17.1. The molecule has 9 heteroatoms. The summed E-state index contributed by atoms with van der Waals surface area (Å²) in [6.07, 6.45) is 0.127. The maximum absolute atomic E-state index is 12.6. The number of carboxylic acids is 1. The molecular formula is C28H25ClN4O4. The van der Waals surface area contributed by atoms with Crippen LogP contribution in [0.1, 0.15) is 42.8 Å². The maximum Gasteiger partial charge on any atom is 0.414 e. The minimum absolute atomic E-state index is 0.231. The second-order valence-electron chi connectivity index (χ2n) is 9.10. The van der Waals surface area contributed by atoms with Crippen LogP contribution in [0.5, 0.6) is 0 Å². The largest absolute Gasteiger partial charge is 0.481 e. The molecule has 8 nitrogen and oxygen atoms in total. The molecule has 0 radical (unpaired) electrons. The van der Waals surface area contributed by atoms with Crippen molar-refractivity contribution in [3.63, 3.8) is 0 Å². The van der Waals surface area contributed by atoms with Crippen LogP contribution in [0.4, 0.5) is 10.7 Å². The highest BCUT2D eigenvalue weighted by atomic mass is 35.5. The number of hydrogen-bond acceptors (Lipinski definition) is 5. The van der Waals surface area contributed by atoms with E-state index in [0.717, 1.165) is 16.7 Å². The minimum Gasteiger partial charge on any atom is -0.481 e. The van der Waals surface area contributed by atoms with E-state index in [1.807, 2.05) is 60.7 Å². The fourth-order valence-electron chi connectivity index (χ4n) is 4.35. The van der Waals surface area contributed by atoms with Gasteiger partial charge in [-0.1, -0.05) is 66.2 Å². The third-order valence-corrected chi connectivity index (χ3v) is 6.94. The average Bonchev–Trinajstić information content (AvgIpc) is 3.62. The van der Waals surface area contributed by atoms with E-state index in [-0.39, 0.29) is 5.95 Å². The molecule has 1 aliphatic rings. The SMILES string of the molecule is Cc1nc(NC(=O)O[C@H](C)c2ccccc2Cl)n(-c2ccc(-c3ccc(C4(C(=O)O)CC4)cc3)cc2)n1. The fourth-order valence-corrected chi connectivity index (χ4v) is 4.64. The van der Waals surface area contributed by atoms with Crippen LogP contribution in [0.3, 0.4) is 0 Å². The normalized spacial score (nSPS) is 14.6. The molecular weight excluding hydrogens is 492 g/mol. The van der Waals surface area contributed by atoms with Crippen LogP contribution in [0, 0.1) is 6.92 Å². The lowest BCUT2D eigenvalue weighted by atomic mass is 9.94. The zero-order valence-corrected chi connectivity index (χ0v) is 21.1. The van der Waals surface area contributed by atoms with Crippen molar-refractivity contribution < 1.29 is 19.4 Å². The van der Waals surface area contributed by atoms with E-state index in [9.17, 15) is 14.7 Å². The van der Waals surface area contributed by atoms with E-state index in [1.54, 1.807) is 26.0 Å². The van der Waals surface area contributed by atoms with Crippen molar-refractivity contribution in [1.82, 2.24) is 14.8 Å². The van der Waals surface area contributed by atoms with Crippen LogP contribution in [0.2, 0.25) is 5.02 Å². The first-order chi connectivity index (χ1) is 17.8. The minimum atomic E-state index is -0.764. The first kappa shape index (κ1) is 24.5. The van der Waals surface area contributed by atoms with Crippen LogP contribution in [-0.2, 0) is 14.9 Å². The predicted molar refractivity (Wildman–Crippen MR) is 140 cm³/mol. The Morgan fingerprint density at radius 3 is 2.24 bits per heavy atom. The summed E-state index contributed by atoms with van der Waals surface area (Å²) in [5.41, 5.74) is 3.47. The van der Waals surface area contributed by atoms with Crippen LogP contribution in [0.25, 0.3) is 16.8 Å².